The highest BCUT2D eigenvalue weighted by atomic mass is 16.6. The van der Waals surface area contributed by atoms with Crippen molar-refractivity contribution in [3.63, 3.8) is 0 Å². The van der Waals surface area contributed by atoms with Gasteiger partial charge in [-0.25, -0.2) is 0 Å². The van der Waals surface area contributed by atoms with Crippen LogP contribution in [-0.4, -0.2) is 37.2 Å². The number of esters is 3. The Balaban J connectivity index is 4.28. The summed E-state index contributed by atoms with van der Waals surface area (Å²) in [5, 5.41) is 0. The van der Waals surface area contributed by atoms with Gasteiger partial charge >= 0.3 is 17.9 Å². The molecule has 0 aliphatic rings. The topological polar surface area (TPSA) is 78.9 Å². The highest BCUT2D eigenvalue weighted by Crippen LogP contribution is 2.18. The number of rotatable bonds is 59. The SMILES string of the molecule is CCCCCCCCCCCCCCCCCCCCC(=O)OCC(COC(=O)CCCCCCCCCCCCCCCCC)OC(=O)CCCCCCCCCCCCCCCCCCCC. The fourth-order valence-electron chi connectivity index (χ4n) is 9.86. The number of carbonyl (C=O) groups excluding carboxylic acids is 3. The molecule has 6 nitrogen and oxygen atoms in total. The molecule has 0 saturated heterocycles. The minimum absolute atomic E-state index is 0.0605. The van der Waals surface area contributed by atoms with Crippen molar-refractivity contribution in [3.8, 4) is 0 Å². The summed E-state index contributed by atoms with van der Waals surface area (Å²) >= 11 is 0. The summed E-state index contributed by atoms with van der Waals surface area (Å²) in [6.45, 7) is 6.73. The second-order valence-corrected chi connectivity index (χ2v) is 21.7. The van der Waals surface area contributed by atoms with Gasteiger partial charge in [-0.1, -0.05) is 329 Å². The van der Waals surface area contributed by atoms with Gasteiger partial charge in [-0.15, -0.1) is 0 Å². The fourth-order valence-corrected chi connectivity index (χ4v) is 9.86. The van der Waals surface area contributed by atoms with E-state index in [4.69, 9.17) is 14.2 Å². The lowest BCUT2D eigenvalue weighted by molar-refractivity contribution is -0.167. The van der Waals surface area contributed by atoms with Crippen molar-refractivity contribution in [3.05, 3.63) is 0 Å². The first-order chi connectivity index (χ1) is 34.0. The lowest BCUT2D eigenvalue weighted by atomic mass is 10.0. The van der Waals surface area contributed by atoms with E-state index in [0.717, 1.165) is 57.8 Å². The first-order valence-corrected chi connectivity index (χ1v) is 31.5. The van der Waals surface area contributed by atoms with Gasteiger partial charge in [-0.05, 0) is 19.3 Å². The molecule has 1 unspecified atom stereocenters. The molecule has 0 aromatic rings. The molecule has 0 heterocycles. The van der Waals surface area contributed by atoms with E-state index in [1.54, 1.807) is 0 Å². The Morgan fingerprint density at radius 3 is 0.580 bits per heavy atom. The summed E-state index contributed by atoms with van der Waals surface area (Å²) in [5.41, 5.74) is 0. The van der Waals surface area contributed by atoms with Gasteiger partial charge in [-0.2, -0.15) is 0 Å². The number of carbonyl (C=O) groups is 3. The number of hydrogen-bond donors (Lipinski definition) is 0. The number of hydrogen-bond acceptors (Lipinski definition) is 6. The molecular formula is C63H122O6. The Morgan fingerprint density at radius 1 is 0.232 bits per heavy atom. The molecule has 0 aliphatic carbocycles. The summed E-state index contributed by atoms with van der Waals surface area (Å²) in [4.78, 5) is 38.3. The minimum Gasteiger partial charge on any atom is -0.462 e. The zero-order chi connectivity index (χ0) is 50.0. The van der Waals surface area contributed by atoms with Crippen LogP contribution in [0, 0.1) is 0 Å². The highest BCUT2D eigenvalue weighted by Gasteiger charge is 2.19. The predicted octanol–water partition coefficient (Wildman–Crippen LogP) is 21.1. The van der Waals surface area contributed by atoms with E-state index in [1.165, 1.54) is 270 Å². The summed E-state index contributed by atoms with van der Waals surface area (Å²) < 4.78 is 17.0. The average molecular weight is 976 g/mol. The molecule has 0 aliphatic heterocycles. The van der Waals surface area contributed by atoms with E-state index < -0.39 is 6.10 Å². The van der Waals surface area contributed by atoms with Gasteiger partial charge in [0.05, 0.1) is 0 Å². The molecule has 0 fully saturated rings. The maximum atomic E-state index is 12.9. The van der Waals surface area contributed by atoms with Gasteiger partial charge in [0.25, 0.3) is 0 Å². The van der Waals surface area contributed by atoms with Crippen molar-refractivity contribution in [1.82, 2.24) is 0 Å². The van der Waals surface area contributed by atoms with Crippen LogP contribution in [0.5, 0.6) is 0 Å². The molecule has 0 radical (unpaired) electrons. The van der Waals surface area contributed by atoms with Gasteiger partial charge in [0, 0.05) is 19.3 Å². The normalized spacial score (nSPS) is 11.9. The molecule has 0 aromatic heterocycles. The van der Waals surface area contributed by atoms with Gasteiger partial charge in [0.15, 0.2) is 6.10 Å². The molecule has 69 heavy (non-hydrogen) atoms. The van der Waals surface area contributed by atoms with Crippen molar-refractivity contribution in [2.24, 2.45) is 0 Å². The quantitative estimate of drug-likeness (QED) is 0.0343. The summed E-state index contributed by atoms with van der Waals surface area (Å²) in [5.74, 6) is -0.825. The van der Waals surface area contributed by atoms with Crippen LogP contribution in [0.2, 0.25) is 0 Å². The van der Waals surface area contributed by atoms with E-state index in [9.17, 15) is 14.4 Å². The molecule has 0 rings (SSSR count). The largest absolute Gasteiger partial charge is 0.462 e. The van der Waals surface area contributed by atoms with Crippen molar-refractivity contribution < 1.29 is 28.6 Å². The Labute approximate surface area is 431 Å². The monoisotopic (exact) mass is 975 g/mol. The first kappa shape index (κ1) is 67.4. The van der Waals surface area contributed by atoms with Crippen molar-refractivity contribution in [2.75, 3.05) is 13.2 Å². The lowest BCUT2D eigenvalue weighted by Gasteiger charge is -2.18. The van der Waals surface area contributed by atoms with E-state index >= 15 is 0 Å². The van der Waals surface area contributed by atoms with Crippen LogP contribution >= 0.6 is 0 Å². The van der Waals surface area contributed by atoms with Crippen LogP contribution in [0.4, 0.5) is 0 Å². The summed E-state index contributed by atoms with van der Waals surface area (Å²) in [6, 6.07) is 0. The maximum Gasteiger partial charge on any atom is 0.306 e. The third-order valence-corrected chi connectivity index (χ3v) is 14.6. The van der Waals surface area contributed by atoms with E-state index in [2.05, 4.69) is 20.8 Å². The minimum atomic E-state index is -0.762. The third-order valence-electron chi connectivity index (χ3n) is 14.6. The molecule has 410 valence electrons. The number of unbranched alkanes of at least 4 members (excludes halogenated alkanes) is 48. The van der Waals surface area contributed by atoms with Gasteiger partial charge in [0.2, 0.25) is 0 Å². The fraction of sp³-hybridized carbons (Fsp3) is 0.952. The van der Waals surface area contributed by atoms with Crippen LogP contribution < -0.4 is 0 Å². The van der Waals surface area contributed by atoms with E-state index in [0.29, 0.717) is 19.3 Å². The molecule has 0 spiro atoms. The average Bonchev–Trinajstić information content (AvgIpc) is 3.35. The predicted molar refractivity (Wildman–Crippen MR) is 298 cm³/mol. The van der Waals surface area contributed by atoms with Crippen molar-refractivity contribution in [2.45, 2.75) is 374 Å². The van der Waals surface area contributed by atoms with Crippen molar-refractivity contribution >= 4 is 17.9 Å². The van der Waals surface area contributed by atoms with E-state index in [-0.39, 0.29) is 31.1 Å². The zero-order valence-corrected chi connectivity index (χ0v) is 47.1. The Morgan fingerprint density at radius 2 is 0.391 bits per heavy atom. The second-order valence-electron chi connectivity index (χ2n) is 21.7. The molecule has 0 N–H and O–H groups in total. The summed E-state index contributed by atoms with van der Waals surface area (Å²) in [6.07, 6.45) is 66.7. The van der Waals surface area contributed by atoms with Crippen LogP contribution in [-0.2, 0) is 28.6 Å². The molecule has 6 heteroatoms. The van der Waals surface area contributed by atoms with Gasteiger partial charge in [0.1, 0.15) is 13.2 Å². The lowest BCUT2D eigenvalue weighted by Crippen LogP contribution is -2.30. The highest BCUT2D eigenvalue weighted by molar-refractivity contribution is 5.71. The Hall–Kier alpha value is -1.59. The Bertz CT molecular complexity index is 1030. The molecule has 0 amide bonds. The van der Waals surface area contributed by atoms with Crippen molar-refractivity contribution in [1.29, 1.82) is 0 Å². The molecular weight excluding hydrogens is 853 g/mol. The maximum absolute atomic E-state index is 12.9. The molecule has 0 aromatic carbocycles. The van der Waals surface area contributed by atoms with Gasteiger partial charge in [-0.3, -0.25) is 14.4 Å². The second kappa shape index (κ2) is 59.0. The Kier molecular flexibility index (Phi) is 57.6. The standard InChI is InChI=1S/C63H122O6/c1-4-7-10-13-16-19-22-25-28-30-32-35-38-41-44-47-50-53-56-62(65)68-59-60(58-67-61(64)55-52-49-46-43-40-37-34-27-24-21-18-15-12-9-6-3)69-63(66)57-54-51-48-45-42-39-36-33-31-29-26-23-20-17-14-11-8-5-2/h60H,4-59H2,1-3H3. The van der Waals surface area contributed by atoms with Crippen LogP contribution in [0.1, 0.15) is 367 Å². The molecule has 0 saturated carbocycles. The van der Waals surface area contributed by atoms with Gasteiger partial charge < -0.3 is 14.2 Å². The molecule has 0 bridgehead atoms. The van der Waals surface area contributed by atoms with Crippen LogP contribution in [0.3, 0.4) is 0 Å². The van der Waals surface area contributed by atoms with E-state index in [1.807, 2.05) is 0 Å². The first-order valence-electron chi connectivity index (χ1n) is 31.5. The van der Waals surface area contributed by atoms with Crippen LogP contribution in [0.25, 0.3) is 0 Å². The molecule has 1 atom stereocenters. The van der Waals surface area contributed by atoms with Crippen LogP contribution in [0.15, 0.2) is 0 Å². The zero-order valence-electron chi connectivity index (χ0n) is 47.1. The third kappa shape index (κ3) is 57.2. The smallest absolute Gasteiger partial charge is 0.306 e. The number of ether oxygens (including phenoxy) is 3. The summed E-state index contributed by atoms with van der Waals surface area (Å²) in [7, 11) is 0.